The second-order valence-corrected chi connectivity index (χ2v) is 4.72. The van der Waals surface area contributed by atoms with Gasteiger partial charge in [-0.2, -0.15) is 0 Å². The number of furan rings is 1. The summed E-state index contributed by atoms with van der Waals surface area (Å²) in [6, 6.07) is 10.2. The fourth-order valence-corrected chi connectivity index (χ4v) is 1.96. The summed E-state index contributed by atoms with van der Waals surface area (Å²) < 4.78 is 10.8. The number of fused-ring (bicyclic) bond motifs is 1. The Kier molecular flexibility index (Phi) is 5.39. The van der Waals surface area contributed by atoms with Crippen LogP contribution in [-0.2, 0) is 11.3 Å². The quantitative estimate of drug-likeness (QED) is 0.739. The number of para-hydroxylation sites is 1. The van der Waals surface area contributed by atoms with Gasteiger partial charge in [0.05, 0.1) is 13.2 Å². The topological polar surface area (TPSA) is 37.6 Å². The van der Waals surface area contributed by atoms with Crippen LogP contribution in [0.4, 0.5) is 0 Å². The molecule has 104 valence electrons. The Morgan fingerprint density at radius 1 is 1.26 bits per heavy atom. The Hall–Kier alpha value is -1.36. The maximum atomic E-state index is 5.74. The van der Waals surface area contributed by atoms with Crippen molar-refractivity contribution in [1.29, 1.82) is 0 Å². The normalized spacial score (nSPS) is 11.5. The van der Waals surface area contributed by atoms with E-state index in [1.807, 2.05) is 18.2 Å². The van der Waals surface area contributed by atoms with E-state index in [4.69, 9.17) is 9.15 Å². The van der Waals surface area contributed by atoms with Gasteiger partial charge in [0.2, 0.25) is 0 Å². The van der Waals surface area contributed by atoms with Crippen LogP contribution in [0.3, 0.4) is 0 Å². The molecule has 2 rings (SSSR count). The molecule has 1 aromatic heterocycles. The van der Waals surface area contributed by atoms with Gasteiger partial charge in [-0.15, -0.1) is 0 Å². The van der Waals surface area contributed by atoms with E-state index in [1.165, 1.54) is 0 Å². The summed E-state index contributed by atoms with van der Waals surface area (Å²) >= 11 is 0. The summed E-state index contributed by atoms with van der Waals surface area (Å²) in [7, 11) is 3.83. The van der Waals surface area contributed by atoms with Gasteiger partial charge in [-0.3, -0.25) is 0 Å². The van der Waals surface area contributed by atoms with Crippen LogP contribution in [0.25, 0.3) is 11.0 Å². The molecule has 0 atom stereocenters. The highest BCUT2D eigenvalue weighted by atomic mass is 16.5. The first kappa shape index (κ1) is 14.1. The van der Waals surface area contributed by atoms with Gasteiger partial charge in [0.1, 0.15) is 11.3 Å². The molecule has 0 aliphatic heterocycles. The molecule has 2 aromatic rings. The van der Waals surface area contributed by atoms with Gasteiger partial charge in [-0.1, -0.05) is 18.2 Å². The van der Waals surface area contributed by atoms with E-state index in [2.05, 4.69) is 29.4 Å². The van der Waals surface area contributed by atoms with E-state index in [-0.39, 0.29) is 0 Å². The van der Waals surface area contributed by atoms with Crippen LogP contribution in [-0.4, -0.2) is 45.3 Å². The third-order valence-corrected chi connectivity index (χ3v) is 3.12. The smallest absolute Gasteiger partial charge is 0.134 e. The van der Waals surface area contributed by atoms with Crippen molar-refractivity contribution in [2.45, 2.75) is 6.54 Å². The first-order valence-electron chi connectivity index (χ1n) is 6.65. The van der Waals surface area contributed by atoms with E-state index in [0.717, 1.165) is 49.5 Å². The lowest BCUT2D eigenvalue weighted by Crippen LogP contribution is -2.31. The van der Waals surface area contributed by atoms with Crippen molar-refractivity contribution < 1.29 is 9.15 Å². The Bertz CT molecular complexity index is 463. The highest BCUT2D eigenvalue weighted by Gasteiger charge is 2.02. The van der Waals surface area contributed by atoms with Crippen molar-refractivity contribution in [3.8, 4) is 0 Å². The molecular weight excluding hydrogens is 240 g/mol. The average Bonchev–Trinajstić information content (AvgIpc) is 2.84. The molecule has 0 aliphatic rings. The molecule has 1 N–H and O–H groups in total. The standard InChI is InChI=1S/C15H22N2O2/c1-17(9-10-18-2)8-7-16-12-14-11-13-5-3-4-6-15(13)19-14/h3-6,11,16H,7-10,12H2,1-2H3. The van der Waals surface area contributed by atoms with E-state index in [0.29, 0.717) is 0 Å². The number of rotatable bonds is 8. The summed E-state index contributed by atoms with van der Waals surface area (Å²) in [6.45, 7) is 4.45. The fourth-order valence-electron chi connectivity index (χ4n) is 1.96. The molecule has 0 unspecified atom stereocenters. The maximum absolute atomic E-state index is 5.74. The predicted octanol–water partition coefficient (Wildman–Crippen LogP) is 2.10. The van der Waals surface area contributed by atoms with Crippen LogP contribution in [0.2, 0.25) is 0 Å². The number of methoxy groups -OCH3 is 1. The lowest BCUT2D eigenvalue weighted by Gasteiger charge is -2.15. The molecule has 0 aliphatic carbocycles. The van der Waals surface area contributed by atoms with Gasteiger partial charge < -0.3 is 19.4 Å². The van der Waals surface area contributed by atoms with Crippen molar-refractivity contribution in [3.05, 3.63) is 36.1 Å². The van der Waals surface area contributed by atoms with Crippen molar-refractivity contribution in [2.75, 3.05) is 40.4 Å². The van der Waals surface area contributed by atoms with E-state index < -0.39 is 0 Å². The second kappa shape index (κ2) is 7.28. The minimum Gasteiger partial charge on any atom is -0.460 e. The molecule has 1 heterocycles. The summed E-state index contributed by atoms with van der Waals surface area (Å²) in [6.07, 6.45) is 0. The number of nitrogens with zero attached hydrogens (tertiary/aromatic N) is 1. The summed E-state index contributed by atoms with van der Waals surface area (Å²) in [5.74, 6) is 0.987. The minimum absolute atomic E-state index is 0.771. The lowest BCUT2D eigenvalue weighted by molar-refractivity contribution is 0.161. The maximum Gasteiger partial charge on any atom is 0.134 e. The molecule has 1 aromatic carbocycles. The summed E-state index contributed by atoms with van der Waals surface area (Å²) in [5, 5.41) is 4.56. The molecule has 0 bridgehead atoms. The number of hydrogen-bond donors (Lipinski definition) is 1. The first-order valence-corrected chi connectivity index (χ1v) is 6.65. The minimum atomic E-state index is 0.771. The van der Waals surface area contributed by atoms with Crippen LogP contribution in [0.1, 0.15) is 5.76 Å². The molecule has 0 radical (unpaired) electrons. The van der Waals surface area contributed by atoms with Gasteiger partial charge in [0.15, 0.2) is 0 Å². The summed E-state index contributed by atoms with van der Waals surface area (Å²) in [4.78, 5) is 2.25. The Morgan fingerprint density at radius 3 is 2.89 bits per heavy atom. The van der Waals surface area contributed by atoms with Crippen LogP contribution < -0.4 is 5.32 Å². The third kappa shape index (κ3) is 4.35. The van der Waals surface area contributed by atoms with Crippen molar-refractivity contribution >= 4 is 11.0 Å². The largest absolute Gasteiger partial charge is 0.460 e. The first-order chi connectivity index (χ1) is 9.29. The number of ether oxygens (including phenoxy) is 1. The van der Waals surface area contributed by atoms with Gasteiger partial charge in [0.25, 0.3) is 0 Å². The molecule has 0 amide bonds. The molecular formula is C15H22N2O2. The number of likely N-dealkylation sites (N-methyl/N-ethyl adjacent to an activating group) is 1. The molecule has 4 heteroatoms. The van der Waals surface area contributed by atoms with Gasteiger partial charge in [-0.25, -0.2) is 0 Å². The fraction of sp³-hybridized carbons (Fsp3) is 0.467. The third-order valence-electron chi connectivity index (χ3n) is 3.12. The predicted molar refractivity (Wildman–Crippen MR) is 77.3 cm³/mol. The molecule has 4 nitrogen and oxygen atoms in total. The molecule has 0 saturated heterocycles. The van der Waals surface area contributed by atoms with E-state index >= 15 is 0 Å². The SMILES string of the molecule is COCCN(C)CCNCc1cc2ccccc2o1. The Morgan fingerprint density at radius 2 is 2.11 bits per heavy atom. The van der Waals surface area contributed by atoms with Gasteiger partial charge >= 0.3 is 0 Å². The van der Waals surface area contributed by atoms with Crippen LogP contribution in [0, 0.1) is 0 Å². The monoisotopic (exact) mass is 262 g/mol. The Labute approximate surface area is 114 Å². The molecule has 0 spiro atoms. The highest BCUT2D eigenvalue weighted by molar-refractivity contribution is 5.77. The Balaban J connectivity index is 1.70. The zero-order valence-electron chi connectivity index (χ0n) is 11.7. The summed E-state index contributed by atoms with van der Waals surface area (Å²) in [5.41, 5.74) is 0.955. The highest BCUT2D eigenvalue weighted by Crippen LogP contribution is 2.18. The average molecular weight is 262 g/mol. The van der Waals surface area contributed by atoms with Crippen molar-refractivity contribution in [3.63, 3.8) is 0 Å². The van der Waals surface area contributed by atoms with Crippen LogP contribution in [0.15, 0.2) is 34.7 Å². The van der Waals surface area contributed by atoms with Crippen molar-refractivity contribution in [2.24, 2.45) is 0 Å². The second-order valence-electron chi connectivity index (χ2n) is 4.72. The van der Waals surface area contributed by atoms with E-state index in [9.17, 15) is 0 Å². The zero-order chi connectivity index (χ0) is 13.5. The molecule has 0 fully saturated rings. The van der Waals surface area contributed by atoms with E-state index in [1.54, 1.807) is 7.11 Å². The number of nitrogens with one attached hydrogen (secondary N) is 1. The lowest BCUT2D eigenvalue weighted by atomic mass is 10.2. The zero-order valence-corrected chi connectivity index (χ0v) is 11.7. The molecule has 19 heavy (non-hydrogen) atoms. The van der Waals surface area contributed by atoms with Crippen LogP contribution >= 0.6 is 0 Å². The number of hydrogen-bond acceptors (Lipinski definition) is 4. The molecule has 0 saturated carbocycles. The van der Waals surface area contributed by atoms with Gasteiger partial charge in [0, 0.05) is 32.1 Å². The number of benzene rings is 1. The van der Waals surface area contributed by atoms with Crippen LogP contribution in [0.5, 0.6) is 0 Å². The van der Waals surface area contributed by atoms with Gasteiger partial charge in [-0.05, 0) is 19.2 Å². The van der Waals surface area contributed by atoms with Crippen molar-refractivity contribution in [1.82, 2.24) is 10.2 Å².